The largest absolute Gasteiger partial charge is 0.316 e. The van der Waals surface area contributed by atoms with Gasteiger partial charge in [-0.3, -0.25) is 0 Å². The molecule has 0 radical (unpaired) electrons. The first-order valence-corrected chi connectivity index (χ1v) is 6.67. The molecule has 0 aliphatic heterocycles. The second-order valence-corrected chi connectivity index (χ2v) is 5.09. The lowest BCUT2D eigenvalue weighted by atomic mass is 9.91. The van der Waals surface area contributed by atoms with Crippen LogP contribution in [-0.4, -0.2) is 13.1 Å². The van der Waals surface area contributed by atoms with Crippen LogP contribution in [0.25, 0.3) is 0 Å². The Morgan fingerprint density at radius 1 is 1.00 bits per heavy atom. The summed E-state index contributed by atoms with van der Waals surface area (Å²) < 4.78 is 0. The van der Waals surface area contributed by atoms with Crippen molar-refractivity contribution in [2.75, 3.05) is 7.05 Å². The zero-order valence-corrected chi connectivity index (χ0v) is 10.8. The minimum Gasteiger partial charge on any atom is -0.316 e. The van der Waals surface area contributed by atoms with Crippen LogP contribution >= 0.6 is 0 Å². The molecule has 0 amide bonds. The normalized spacial score (nSPS) is 21.8. The Labute approximate surface area is 109 Å². The minimum atomic E-state index is 0.572. The van der Waals surface area contributed by atoms with E-state index in [-0.39, 0.29) is 0 Å². The SMILES string of the molecule is CNC1Cc2ccccc2C1Cc1ccccc1. The molecule has 0 spiro atoms. The molecule has 1 aliphatic rings. The number of fused-ring (bicyclic) bond motifs is 1. The highest BCUT2D eigenvalue weighted by Crippen LogP contribution is 2.35. The predicted molar refractivity (Wildman–Crippen MR) is 75.9 cm³/mol. The van der Waals surface area contributed by atoms with Crippen LogP contribution in [-0.2, 0) is 12.8 Å². The number of hydrogen-bond acceptors (Lipinski definition) is 1. The van der Waals surface area contributed by atoms with Gasteiger partial charge in [0.05, 0.1) is 0 Å². The fraction of sp³-hybridized carbons (Fsp3) is 0.294. The van der Waals surface area contributed by atoms with Crippen LogP contribution < -0.4 is 5.32 Å². The molecule has 0 aromatic heterocycles. The molecule has 18 heavy (non-hydrogen) atoms. The van der Waals surface area contributed by atoms with Crippen molar-refractivity contribution in [3.8, 4) is 0 Å². The Kier molecular flexibility index (Phi) is 3.16. The van der Waals surface area contributed by atoms with Crippen LogP contribution in [0.1, 0.15) is 22.6 Å². The summed E-state index contributed by atoms with van der Waals surface area (Å²) in [5.74, 6) is 0.605. The van der Waals surface area contributed by atoms with Gasteiger partial charge < -0.3 is 5.32 Å². The van der Waals surface area contributed by atoms with E-state index >= 15 is 0 Å². The highest BCUT2D eigenvalue weighted by atomic mass is 14.9. The van der Waals surface area contributed by atoms with E-state index in [0.717, 1.165) is 12.8 Å². The van der Waals surface area contributed by atoms with Crippen LogP contribution in [0.4, 0.5) is 0 Å². The van der Waals surface area contributed by atoms with Crippen LogP contribution in [0.5, 0.6) is 0 Å². The van der Waals surface area contributed by atoms with Gasteiger partial charge in [-0.1, -0.05) is 54.6 Å². The van der Waals surface area contributed by atoms with Crippen LogP contribution in [0.2, 0.25) is 0 Å². The Hall–Kier alpha value is -1.60. The van der Waals surface area contributed by atoms with E-state index < -0.39 is 0 Å². The van der Waals surface area contributed by atoms with E-state index in [1.807, 2.05) is 0 Å². The fourth-order valence-corrected chi connectivity index (χ4v) is 3.10. The second kappa shape index (κ2) is 4.95. The lowest BCUT2D eigenvalue weighted by Gasteiger charge is -2.20. The highest BCUT2D eigenvalue weighted by molar-refractivity contribution is 5.39. The molecule has 3 rings (SSSR count). The summed E-state index contributed by atoms with van der Waals surface area (Å²) in [5, 5.41) is 3.48. The highest BCUT2D eigenvalue weighted by Gasteiger charge is 2.30. The van der Waals surface area contributed by atoms with Crippen molar-refractivity contribution >= 4 is 0 Å². The van der Waals surface area contributed by atoms with Gasteiger partial charge in [0.1, 0.15) is 0 Å². The lowest BCUT2D eigenvalue weighted by molar-refractivity contribution is 0.492. The van der Waals surface area contributed by atoms with Gasteiger partial charge in [0.25, 0.3) is 0 Å². The zero-order valence-electron chi connectivity index (χ0n) is 10.8. The van der Waals surface area contributed by atoms with Crippen molar-refractivity contribution in [1.29, 1.82) is 0 Å². The summed E-state index contributed by atoms with van der Waals surface area (Å²) in [5.41, 5.74) is 4.47. The molecule has 2 aromatic carbocycles. The molecule has 92 valence electrons. The van der Waals surface area contributed by atoms with Gasteiger partial charge in [0.15, 0.2) is 0 Å². The molecule has 2 aromatic rings. The number of rotatable bonds is 3. The van der Waals surface area contributed by atoms with Crippen LogP contribution in [0.3, 0.4) is 0 Å². The van der Waals surface area contributed by atoms with Gasteiger partial charge in [-0.25, -0.2) is 0 Å². The zero-order chi connectivity index (χ0) is 12.4. The third kappa shape index (κ3) is 2.06. The van der Waals surface area contributed by atoms with Gasteiger partial charge >= 0.3 is 0 Å². The smallest absolute Gasteiger partial charge is 0.0177 e. The average molecular weight is 237 g/mol. The van der Waals surface area contributed by atoms with E-state index in [0.29, 0.717) is 12.0 Å². The maximum absolute atomic E-state index is 3.48. The molecule has 2 atom stereocenters. The summed E-state index contributed by atoms with van der Waals surface area (Å²) in [6.45, 7) is 0. The van der Waals surface area contributed by atoms with Crippen LogP contribution in [0.15, 0.2) is 54.6 Å². The first-order valence-electron chi connectivity index (χ1n) is 6.67. The van der Waals surface area contributed by atoms with Crippen molar-refractivity contribution in [2.45, 2.75) is 24.8 Å². The Morgan fingerprint density at radius 2 is 1.72 bits per heavy atom. The van der Waals surface area contributed by atoms with E-state index in [9.17, 15) is 0 Å². The average Bonchev–Trinajstić information content (AvgIpc) is 2.78. The van der Waals surface area contributed by atoms with Crippen molar-refractivity contribution in [3.63, 3.8) is 0 Å². The molecule has 1 heteroatoms. The molecule has 0 bridgehead atoms. The topological polar surface area (TPSA) is 12.0 Å². The first kappa shape index (κ1) is 11.5. The van der Waals surface area contributed by atoms with Gasteiger partial charge in [0, 0.05) is 12.0 Å². The number of likely N-dealkylation sites (N-methyl/N-ethyl adjacent to an activating group) is 1. The Morgan fingerprint density at radius 3 is 2.50 bits per heavy atom. The molecule has 0 saturated carbocycles. The third-order valence-electron chi connectivity index (χ3n) is 4.05. The predicted octanol–water partition coefficient (Wildman–Crippen LogP) is 3.16. The summed E-state index contributed by atoms with van der Waals surface area (Å²) in [7, 11) is 2.08. The molecule has 1 aliphatic carbocycles. The molecule has 2 unspecified atom stereocenters. The van der Waals surface area contributed by atoms with E-state index in [1.54, 1.807) is 0 Å². The Balaban J connectivity index is 1.90. The Bertz CT molecular complexity index is 518. The van der Waals surface area contributed by atoms with Crippen LogP contribution in [0, 0.1) is 0 Å². The standard InChI is InChI=1S/C17H19N/c1-18-17-12-14-9-5-6-10-15(14)16(17)11-13-7-3-2-4-8-13/h2-10,16-18H,11-12H2,1H3. The summed E-state index contributed by atoms with van der Waals surface area (Å²) >= 11 is 0. The summed E-state index contributed by atoms with van der Waals surface area (Å²) in [6, 6.07) is 20.2. The molecular weight excluding hydrogens is 218 g/mol. The second-order valence-electron chi connectivity index (χ2n) is 5.09. The molecule has 0 fully saturated rings. The number of benzene rings is 2. The molecule has 0 saturated heterocycles. The number of nitrogens with one attached hydrogen (secondary N) is 1. The summed E-state index contributed by atoms with van der Waals surface area (Å²) in [6.07, 6.45) is 2.29. The molecule has 1 nitrogen and oxygen atoms in total. The van der Waals surface area contributed by atoms with Gasteiger partial charge in [0.2, 0.25) is 0 Å². The maximum Gasteiger partial charge on any atom is 0.0177 e. The molecular formula is C17H19N. The monoisotopic (exact) mass is 237 g/mol. The molecule has 0 heterocycles. The van der Waals surface area contributed by atoms with Gasteiger partial charge in [-0.2, -0.15) is 0 Å². The van der Waals surface area contributed by atoms with Crippen molar-refractivity contribution in [3.05, 3.63) is 71.3 Å². The van der Waals surface area contributed by atoms with Crippen molar-refractivity contribution in [1.82, 2.24) is 5.32 Å². The van der Waals surface area contributed by atoms with Crippen molar-refractivity contribution < 1.29 is 0 Å². The fourth-order valence-electron chi connectivity index (χ4n) is 3.10. The first-order chi connectivity index (χ1) is 8.88. The van der Waals surface area contributed by atoms with E-state index in [4.69, 9.17) is 0 Å². The summed E-state index contributed by atoms with van der Waals surface area (Å²) in [4.78, 5) is 0. The molecule has 1 N–H and O–H groups in total. The van der Waals surface area contributed by atoms with E-state index in [2.05, 4.69) is 67.0 Å². The van der Waals surface area contributed by atoms with Gasteiger partial charge in [-0.05, 0) is 36.6 Å². The van der Waals surface area contributed by atoms with Gasteiger partial charge in [-0.15, -0.1) is 0 Å². The quantitative estimate of drug-likeness (QED) is 0.864. The van der Waals surface area contributed by atoms with Crippen molar-refractivity contribution in [2.24, 2.45) is 0 Å². The minimum absolute atomic E-state index is 0.572. The maximum atomic E-state index is 3.48. The van der Waals surface area contributed by atoms with E-state index in [1.165, 1.54) is 16.7 Å². The lowest BCUT2D eigenvalue weighted by Crippen LogP contribution is -2.30. The number of hydrogen-bond donors (Lipinski definition) is 1. The third-order valence-corrected chi connectivity index (χ3v) is 4.05.